The Morgan fingerprint density at radius 1 is 0.840 bits per heavy atom. The van der Waals surface area contributed by atoms with Crippen molar-refractivity contribution in [1.29, 1.82) is 5.41 Å². The first-order valence-corrected chi connectivity index (χ1v) is 24.2. The molecule has 0 aliphatic carbocycles. The molecule has 4 aromatic rings. The smallest absolute Gasteiger partial charge is 0.408 e. The second-order valence-corrected chi connectivity index (χ2v) is 18.0. The van der Waals surface area contributed by atoms with Gasteiger partial charge >= 0.3 is 6.09 Å². The number of hydrogen-bond acceptors (Lipinski definition) is 15. The number of anilines is 1. The van der Waals surface area contributed by atoms with Gasteiger partial charge in [0.05, 0.1) is 62.5 Å². The van der Waals surface area contributed by atoms with E-state index >= 15 is 0 Å². The number of nitrogens with zero attached hydrogens (tertiary/aromatic N) is 4. The average molecular weight is 1020 g/mol. The maximum Gasteiger partial charge on any atom is 0.408 e. The molecule has 5 amide bonds. The normalized spacial score (nSPS) is 16.1. The van der Waals surface area contributed by atoms with Crippen molar-refractivity contribution in [3.63, 3.8) is 0 Å². The van der Waals surface area contributed by atoms with Gasteiger partial charge in [0.25, 0.3) is 11.8 Å². The highest BCUT2D eigenvalue weighted by Gasteiger charge is 2.34. The molecule has 20 nitrogen and oxygen atoms in total. The van der Waals surface area contributed by atoms with Gasteiger partial charge in [-0.15, -0.1) is 0 Å². The zero-order chi connectivity index (χ0) is 53.2. The van der Waals surface area contributed by atoms with Crippen LogP contribution in [0.15, 0.2) is 102 Å². The highest BCUT2D eigenvalue weighted by atomic mass is 16.7. The first kappa shape index (κ1) is 52.4. The fourth-order valence-electron chi connectivity index (χ4n) is 8.53. The standard InChI is InChI=1S/C55H58N8O12/c1-7-19-73-55(68)61-50(32(2)3)52(65)59-33(4)51(64)60-38-12-9-34(10-13-38)36(15-16-56)29-62-18-17-57-42-26-48(45(69-5)24-40(42)53(62)66)71-20-8-21-72-49-27-43-41(25-46(49)70-6)54(67)63-30-37(22-39(63)28-58-43)35-11-14-44-47(23-35)75-31-74-44/h7,9-14,16-17,23-30,32-33,39,50,56H,1,8,15,18-22,31H2,2-6H3,(H,59,65)(H,60,64)(H,61,68)/b36-29+,56-16?/t33-,39?,50-/m0/s1. The van der Waals surface area contributed by atoms with Gasteiger partial charge in [0.2, 0.25) is 18.6 Å². The Kier molecular flexibility index (Phi) is 16.6. The van der Waals surface area contributed by atoms with Crippen LogP contribution in [-0.2, 0) is 14.3 Å². The summed E-state index contributed by atoms with van der Waals surface area (Å²) in [6, 6.07) is 17.0. The van der Waals surface area contributed by atoms with Gasteiger partial charge in [0.15, 0.2) is 34.5 Å². The third-order valence-corrected chi connectivity index (χ3v) is 12.5. The maximum absolute atomic E-state index is 14.1. The first-order valence-electron chi connectivity index (χ1n) is 24.2. The van der Waals surface area contributed by atoms with E-state index in [1.54, 1.807) is 85.9 Å². The molecule has 0 saturated heterocycles. The third-order valence-electron chi connectivity index (χ3n) is 12.5. The van der Waals surface area contributed by atoms with E-state index < -0.39 is 30.0 Å². The monoisotopic (exact) mass is 1020 g/mol. The fourth-order valence-corrected chi connectivity index (χ4v) is 8.53. The van der Waals surface area contributed by atoms with Crippen LogP contribution in [0.4, 0.5) is 21.9 Å². The summed E-state index contributed by atoms with van der Waals surface area (Å²) in [5, 5.41) is 15.9. The van der Waals surface area contributed by atoms with Gasteiger partial charge in [-0.1, -0.05) is 44.7 Å². The lowest BCUT2D eigenvalue weighted by Crippen LogP contribution is -2.53. The summed E-state index contributed by atoms with van der Waals surface area (Å²) in [6.45, 7) is 9.28. The van der Waals surface area contributed by atoms with Crippen LogP contribution in [0.5, 0.6) is 34.5 Å². The summed E-state index contributed by atoms with van der Waals surface area (Å²) in [4.78, 5) is 78.7. The Balaban J connectivity index is 0.860. The molecule has 4 aliphatic heterocycles. The predicted octanol–water partition coefficient (Wildman–Crippen LogP) is 7.87. The van der Waals surface area contributed by atoms with Crippen LogP contribution in [-0.4, -0.2) is 124 Å². The Morgan fingerprint density at radius 3 is 2.19 bits per heavy atom. The number of carbonyl (C=O) groups is 5. The van der Waals surface area contributed by atoms with Crippen LogP contribution in [0.25, 0.3) is 11.1 Å². The average Bonchev–Trinajstić information content (AvgIpc) is 4.01. The van der Waals surface area contributed by atoms with Crippen molar-refractivity contribution in [3.05, 3.63) is 114 Å². The first-order chi connectivity index (χ1) is 36.3. The summed E-state index contributed by atoms with van der Waals surface area (Å²) in [7, 11) is 2.99. The number of rotatable bonds is 21. The van der Waals surface area contributed by atoms with Crippen molar-refractivity contribution in [2.24, 2.45) is 15.9 Å². The van der Waals surface area contributed by atoms with Crippen molar-refractivity contribution < 1.29 is 57.1 Å². The molecule has 8 rings (SSSR count). The van der Waals surface area contributed by atoms with Gasteiger partial charge in [-0.25, -0.2) is 4.79 Å². The van der Waals surface area contributed by atoms with E-state index in [9.17, 15) is 24.0 Å². The Labute approximate surface area is 433 Å². The predicted molar refractivity (Wildman–Crippen MR) is 281 cm³/mol. The van der Waals surface area contributed by atoms with Crippen molar-refractivity contribution in [2.45, 2.75) is 58.2 Å². The lowest BCUT2D eigenvalue weighted by Gasteiger charge is -2.23. The Morgan fingerprint density at radius 2 is 1.52 bits per heavy atom. The van der Waals surface area contributed by atoms with Crippen LogP contribution in [0.1, 0.15) is 71.9 Å². The van der Waals surface area contributed by atoms with E-state index in [0.29, 0.717) is 81.1 Å². The molecule has 4 N–H and O–H groups in total. The molecule has 0 spiro atoms. The van der Waals surface area contributed by atoms with Gasteiger partial charge in [-0.2, -0.15) is 0 Å². The van der Waals surface area contributed by atoms with Gasteiger partial charge in [-0.05, 0) is 77.7 Å². The SMILES string of the molecule is C=CCOC(=O)N[C@H](C(=O)N[C@@H](C)C(=O)Nc1ccc(/C(=C/N2CC=Nc3cc(OCCCOc4cc5c(cc4OC)C(=O)N4C=C(c6ccc7c(c6)OCO7)CC4C=N5)c(OC)cc3C2=O)CC=N)cc1)C(C)C. The highest BCUT2D eigenvalue weighted by molar-refractivity contribution is 6.06. The molecular weight excluding hydrogens is 965 g/mol. The van der Waals surface area contributed by atoms with Crippen molar-refractivity contribution in [2.75, 3.05) is 52.7 Å². The maximum atomic E-state index is 14.1. The molecule has 0 aromatic heterocycles. The van der Waals surface area contributed by atoms with E-state index in [1.807, 2.05) is 24.4 Å². The Hall–Kier alpha value is -8.94. The fraction of sp³-hybridized carbons (Fsp3) is 0.309. The summed E-state index contributed by atoms with van der Waals surface area (Å²) < 4.78 is 39.6. The molecule has 0 bridgehead atoms. The lowest BCUT2D eigenvalue weighted by molar-refractivity contribution is -0.128. The van der Waals surface area contributed by atoms with Crippen molar-refractivity contribution in [1.82, 2.24) is 20.4 Å². The summed E-state index contributed by atoms with van der Waals surface area (Å²) in [6.07, 6.45) is 10.0. The molecular formula is C55H58N8O12. The molecule has 20 heteroatoms. The third kappa shape index (κ3) is 12.1. The number of ether oxygens (including phenoxy) is 7. The molecule has 75 heavy (non-hydrogen) atoms. The van der Waals surface area contributed by atoms with Crippen LogP contribution in [0, 0.1) is 11.3 Å². The number of hydrogen-bond donors (Lipinski definition) is 4. The topological polar surface area (TPSA) is 241 Å². The van der Waals surface area contributed by atoms with Gasteiger partial charge in [-0.3, -0.25) is 29.2 Å². The number of aliphatic imine (C=N–C) groups is 2. The second kappa shape index (κ2) is 23.7. The summed E-state index contributed by atoms with van der Waals surface area (Å²) >= 11 is 0. The van der Waals surface area contributed by atoms with Gasteiger partial charge in [0, 0.05) is 61.9 Å². The molecule has 0 fully saturated rings. The largest absolute Gasteiger partial charge is 0.493 e. The van der Waals surface area contributed by atoms with E-state index in [0.717, 1.165) is 11.1 Å². The van der Waals surface area contributed by atoms with E-state index in [1.165, 1.54) is 38.3 Å². The highest BCUT2D eigenvalue weighted by Crippen LogP contribution is 2.42. The summed E-state index contributed by atoms with van der Waals surface area (Å²) in [5.41, 5.74) is 5.24. The van der Waals surface area contributed by atoms with Crippen LogP contribution < -0.4 is 44.4 Å². The van der Waals surface area contributed by atoms with Crippen molar-refractivity contribution >= 4 is 76.6 Å². The number of methoxy groups -OCH3 is 2. The lowest BCUT2D eigenvalue weighted by atomic mass is 10.0. The molecule has 0 saturated carbocycles. The van der Waals surface area contributed by atoms with E-state index in [-0.39, 0.29) is 68.9 Å². The number of nitrogens with one attached hydrogen (secondary N) is 4. The molecule has 390 valence electrons. The van der Waals surface area contributed by atoms with Gasteiger partial charge < -0.3 is 64.3 Å². The van der Waals surface area contributed by atoms with Gasteiger partial charge in [0.1, 0.15) is 18.7 Å². The van der Waals surface area contributed by atoms with E-state index in [4.69, 9.17) is 43.6 Å². The minimum Gasteiger partial charge on any atom is -0.493 e. The van der Waals surface area contributed by atoms with Crippen LogP contribution >= 0.6 is 0 Å². The second-order valence-electron chi connectivity index (χ2n) is 18.0. The number of amides is 5. The quantitative estimate of drug-likeness (QED) is 0.0354. The zero-order valence-corrected chi connectivity index (χ0v) is 42.2. The Bertz CT molecular complexity index is 3000. The number of allylic oxidation sites excluding steroid dienone is 1. The summed E-state index contributed by atoms with van der Waals surface area (Å²) in [5.74, 6) is 0.981. The number of alkyl carbamates (subject to hydrolysis) is 1. The van der Waals surface area contributed by atoms with Crippen LogP contribution in [0.3, 0.4) is 0 Å². The minimum absolute atomic E-state index is 0.0188. The molecule has 0 radical (unpaired) electrons. The van der Waals surface area contributed by atoms with Crippen LogP contribution in [0.2, 0.25) is 0 Å². The minimum atomic E-state index is -0.950. The van der Waals surface area contributed by atoms with Crippen molar-refractivity contribution in [3.8, 4) is 34.5 Å². The molecule has 3 atom stereocenters. The number of benzene rings is 4. The molecule has 4 heterocycles. The molecule has 4 aromatic carbocycles. The number of carbonyl (C=O) groups excluding carboxylic acids is 5. The zero-order valence-electron chi connectivity index (χ0n) is 42.2. The van der Waals surface area contributed by atoms with E-state index in [2.05, 4.69) is 27.5 Å². The molecule has 4 aliphatic rings. The molecule has 1 unspecified atom stereocenters. The number of fused-ring (bicyclic) bond motifs is 4.